The summed E-state index contributed by atoms with van der Waals surface area (Å²) in [5, 5.41) is -0.120. The monoisotopic (exact) mass is 488 g/mol. The lowest BCUT2D eigenvalue weighted by Crippen LogP contribution is -2.29. The number of hydrogen-bond acceptors (Lipinski definition) is 4. The second-order valence-electron chi connectivity index (χ2n) is 8.17. The Morgan fingerprint density at radius 3 is 2.09 bits per heavy atom. The molecule has 35 heavy (non-hydrogen) atoms. The second kappa shape index (κ2) is 8.63. The van der Waals surface area contributed by atoms with Crippen molar-refractivity contribution >= 4 is 24.1 Å². The molecule has 10 heteroatoms. The van der Waals surface area contributed by atoms with Gasteiger partial charge < -0.3 is 14.4 Å². The molecule has 5 rings (SSSR count). The first-order chi connectivity index (χ1) is 16.7. The zero-order valence-electron chi connectivity index (χ0n) is 18.6. The molecule has 0 radical (unpaired) electrons. The molecule has 176 valence electrons. The highest BCUT2D eigenvalue weighted by atomic mass is 31.2. The van der Waals surface area contributed by atoms with Crippen LogP contribution in [0, 0.1) is 0 Å². The van der Waals surface area contributed by atoms with Gasteiger partial charge in [-0.1, -0.05) is 66.7 Å². The average Bonchev–Trinajstić information content (AvgIpc) is 3.23. The Kier molecular flexibility index (Phi) is 5.61. The predicted octanol–water partition coefficient (Wildman–Crippen LogP) is 2.61. The van der Waals surface area contributed by atoms with Crippen molar-refractivity contribution in [1.29, 1.82) is 0 Å². The molecule has 0 aliphatic heterocycles. The van der Waals surface area contributed by atoms with E-state index in [-0.39, 0.29) is 16.5 Å². The van der Waals surface area contributed by atoms with Crippen LogP contribution in [0.25, 0.3) is 33.7 Å². The van der Waals surface area contributed by atoms with Crippen LogP contribution < -0.4 is 16.6 Å². The van der Waals surface area contributed by atoms with Crippen LogP contribution in [0.4, 0.5) is 0 Å². The van der Waals surface area contributed by atoms with E-state index in [0.717, 1.165) is 16.7 Å². The molecular weight excluding hydrogens is 467 g/mol. The number of H-pyrrole nitrogens is 1. The van der Waals surface area contributed by atoms with Crippen LogP contribution in [0.1, 0.15) is 5.56 Å². The van der Waals surface area contributed by atoms with E-state index in [1.807, 2.05) is 54.6 Å². The van der Waals surface area contributed by atoms with Crippen molar-refractivity contribution in [3.05, 3.63) is 105 Å². The van der Waals surface area contributed by atoms with Crippen LogP contribution in [0.15, 0.2) is 88.5 Å². The number of rotatable bonds is 5. The summed E-state index contributed by atoms with van der Waals surface area (Å²) in [6.45, 7) is 0.294. The highest BCUT2D eigenvalue weighted by Crippen LogP contribution is 2.34. The molecule has 0 aliphatic carbocycles. The molecule has 0 atom stereocenters. The number of hydrogen-bond donors (Lipinski definition) is 3. The summed E-state index contributed by atoms with van der Waals surface area (Å²) in [5.74, 6) is 0.399. The number of benzene rings is 3. The van der Waals surface area contributed by atoms with Crippen molar-refractivity contribution in [3.8, 4) is 22.5 Å². The summed E-state index contributed by atoms with van der Waals surface area (Å²) in [6.07, 6.45) is 0. The van der Waals surface area contributed by atoms with E-state index in [1.54, 1.807) is 4.57 Å². The summed E-state index contributed by atoms with van der Waals surface area (Å²) < 4.78 is 14.5. The summed E-state index contributed by atoms with van der Waals surface area (Å²) in [6, 6.07) is 23.6. The topological polar surface area (TPSA) is 130 Å². The normalized spacial score (nSPS) is 11.7. The molecule has 2 aromatic heterocycles. The van der Waals surface area contributed by atoms with E-state index in [9.17, 15) is 23.9 Å². The molecule has 0 unspecified atom stereocenters. The van der Waals surface area contributed by atoms with Gasteiger partial charge in [0, 0.05) is 19.2 Å². The van der Waals surface area contributed by atoms with Gasteiger partial charge in [-0.3, -0.25) is 18.9 Å². The lowest BCUT2D eigenvalue weighted by atomic mass is 10.0. The third-order valence-electron chi connectivity index (χ3n) is 5.87. The van der Waals surface area contributed by atoms with Crippen molar-refractivity contribution in [3.63, 3.8) is 0 Å². The summed E-state index contributed by atoms with van der Waals surface area (Å²) in [5.41, 5.74) is 2.90. The van der Waals surface area contributed by atoms with Crippen LogP contribution in [0.2, 0.25) is 0 Å². The number of nitrogens with zero attached hydrogens (tertiary/aromatic N) is 3. The maximum atomic E-state index is 12.8. The smallest absolute Gasteiger partial charge is 0.321 e. The van der Waals surface area contributed by atoms with Gasteiger partial charge in [-0.05, 0) is 28.8 Å². The molecule has 3 aromatic carbocycles. The fraction of sp³-hybridized carbons (Fsp3) is 0.0800. The van der Waals surface area contributed by atoms with Crippen molar-refractivity contribution < 1.29 is 14.4 Å². The first kappa shape index (κ1) is 22.7. The first-order valence-electron chi connectivity index (χ1n) is 10.7. The standard InChI is InChI=1S/C25H21N4O5P/c1-28-23-21(24(30)27-25(28)31)29(22(26-23)19-11-13-20(14-12-19)35(32,33)34)15-16-7-9-18(10-8-16)17-5-3-2-4-6-17/h2-14H,15H2,1H3,(H,27,30,31)(H2,32,33,34). The number of nitrogens with one attached hydrogen (secondary N) is 1. The van der Waals surface area contributed by atoms with Crippen LogP contribution in [0.5, 0.6) is 0 Å². The quantitative estimate of drug-likeness (QED) is 0.326. The minimum absolute atomic E-state index is 0.120. The fourth-order valence-corrected chi connectivity index (χ4v) is 4.57. The zero-order valence-corrected chi connectivity index (χ0v) is 19.5. The third-order valence-corrected chi connectivity index (χ3v) is 6.84. The van der Waals surface area contributed by atoms with E-state index in [4.69, 9.17) is 0 Å². The van der Waals surface area contributed by atoms with Gasteiger partial charge >= 0.3 is 13.3 Å². The molecule has 0 bridgehead atoms. The van der Waals surface area contributed by atoms with Gasteiger partial charge in [-0.25, -0.2) is 9.78 Å². The van der Waals surface area contributed by atoms with Crippen LogP contribution in [0.3, 0.4) is 0 Å². The van der Waals surface area contributed by atoms with Gasteiger partial charge in [0.1, 0.15) is 5.82 Å². The lowest BCUT2D eigenvalue weighted by molar-refractivity contribution is 0.387. The number of imidazole rings is 1. The van der Waals surface area contributed by atoms with Gasteiger partial charge in [0.15, 0.2) is 11.2 Å². The molecule has 3 N–H and O–H groups in total. The predicted molar refractivity (Wildman–Crippen MR) is 134 cm³/mol. The van der Waals surface area contributed by atoms with Gasteiger partial charge in [0.25, 0.3) is 5.56 Å². The summed E-state index contributed by atoms with van der Waals surface area (Å²) >= 11 is 0. The van der Waals surface area contributed by atoms with E-state index < -0.39 is 18.8 Å². The van der Waals surface area contributed by atoms with Crippen molar-refractivity contribution in [2.75, 3.05) is 0 Å². The Bertz CT molecular complexity index is 1700. The largest absolute Gasteiger partial charge is 0.356 e. The van der Waals surface area contributed by atoms with Crippen LogP contribution in [-0.2, 0) is 18.2 Å². The van der Waals surface area contributed by atoms with Gasteiger partial charge in [-0.15, -0.1) is 0 Å². The minimum Gasteiger partial charge on any atom is -0.321 e. The first-order valence-corrected chi connectivity index (χ1v) is 12.3. The van der Waals surface area contributed by atoms with Crippen molar-refractivity contribution in [2.24, 2.45) is 7.05 Å². The Morgan fingerprint density at radius 2 is 1.46 bits per heavy atom. The number of aryl methyl sites for hydroxylation is 1. The maximum absolute atomic E-state index is 12.8. The zero-order chi connectivity index (χ0) is 24.7. The fourth-order valence-electron chi connectivity index (χ4n) is 4.03. The second-order valence-corrected chi connectivity index (χ2v) is 9.77. The summed E-state index contributed by atoms with van der Waals surface area (Å²) in [4.78, 5) is 50.7. The van der Waals surface area contributed by atoms with E-state index in [2.05, 4.69) is 9.97 Å². The minimum atomic E-state index is -4.40. The van der Waals surface area contributed by atoms with Crippen LogP contribution >= 0.6 is 7.60 Å². The van der Waals surface area contributed by atoms with Gasteiger partial charge in [0.05, 0.1) is 5.30 Å². The Labute approximate surface area is 199 Å². The molecule has 0 saturated carbocycles. The number of aromatic amines is 1. The third kappa shape index (κ3) is 4.28. The molecule has 2 heterocycles. The number of fused-ring (bicyclic) bond motifs is 1. The lowest BCUT2D eigenvalue weighted by Gasteiger charge is -2.11. The van der Waals surface area contributed by atoms with Crippen LogP contribution in [-0.4, -0.2) is 28.9 Å². The van der Waals surface area contributed by atoms with E-state index >= 15 is 0 Å². The van der Waals surface area contributed by atoms with Crippen molar-refractivity contribution in [2.45, 2.75) is 6.54 Å². The molecule has 0 spiro atoms. The molecule has 5 aromatic rings. The van der Waals surface area contributed by atoms with Gasteiger partial charge in [-0.2, -0.15) is 0 Å². The molecule has 0 amide bonds. The number of aromatic nitrogens is 4. The van der Waals surface area contributed by atoms with Gasteiger partial charge in [0.2, 0.25) is 0 Å². The molecule has 0 aliphatic rings. The SMILES string of the molecule is Cn1c(=O)[nH]c(=O)c2c1nc(-c1ccc(P(=O)(O)O)cc1)n2Cc1ccc(-c2ccccc2)cc1. The Balaban J connectivity index is 1.63. The highest BCUT2D eigenvalue weighted by molar-refractivity contribution is 7.60. The molecule has 9 nitrogen and oxygen atoms in total. The Hall–Kier alpha value is -4.04. The molecule has 0 saturated heterocycles. The molecular formula is C25H21N4O5P. The maximum Gasteiger partial charge on any atom is 0.356 e. The summed E-state index contributed by atoms with van der Waals surface area (Å²) in [7, 11) is -2.88. The highest BCUT2D eigenvalue weighted by Gasteiger charge is 2.21. The average molecular weight is 488 g/mol. The van der Waals surface area contributed by atoms with E-state index in [1.165, 1.54) is 35.9 Å². The van der Waals surface area contributed by atoms with E-state index in [0.29, 0.717) is 17.9 Å². The van der Waals surface area contributed by atoms with Crippen molar-refractivity contribution in [1.82, 2.24) is 19.1 Å². The molecule has 0 fully saturated rings. The Morgan fingerprint density at radius 1 is 0.857 bits per heavy atom.